The van der Waals surface area contributed by atoms with Gasteiger partial charge in [-0.3, -0.25) is 4.90 Å². The van der Waals surface area contributed by atoms with Gasteiger partial charge in [0.05, 0.1) is 0 Å². The second-order valence-electron chi connectivity index (χ2n) is 4.54. The number of likely N-dealkylation sites (tertiary alicyclic amines) is 1. The zero-order chi connectivity index (χ0) is 14.6. The van der Waals surface area contributed by atoms with Gasteiger partial charge < -0.3 is 9.47 Å². The first kappa shape index (κ1) is 15.7. The van der Waals surface area contributed by atoms with Gasteiger partial charge in [0.25, 0.3) is 0 Å². The minimum Gasteiger partial charge on any atom is -0.488 e. The molecule has 1 aliphatic heterocycles. The molecule has 0 aromatic heterocycles. The summed E-state index contributed by atoms with van der Waals surface area (Å²) >= 11 is 1.93. The predicted molar refractivity (Wildman–Crippen MR) is 77.0 cm³/mol. The Labute approximate surface area is 129 Å². The second kappa shape index (κ2) is 6.84. The maximum absolute atomic E-state index is 12.3. The molecule has 0 aliphatic carbocycles. The molecule has 0 unspecified atom stereocenters. The van der Waals surface area contributed by atoms with E-state index >= 15 is 0 Å². The first-order valence-corrected chi connectivity index (χ1v) is 7.42. The van der Waals surface area contributed by atoms with E-state index in [9.17, 15) is 13.2 Å². The Morgan fingerprint density at radius 1 is 1.15 bits per heavy atom. The van der Waals surface area contributed by atoms with Crippen LogP contribution in [0.4, 0.5) is 13.2 Å². The summed E-state index contributed by atoms with van der Waals surface area (Å²) < 4.78 is 47.1. The van der Waals surface area contributed by atoms with E-state index in [-0.39, 0.29) is 11.5 Å². The fourth-order valence-electron chi connectivity index (χ4n) is 2.10. The van der Waals surface area contributed by atoms with Crippen LogP contribution in [-0.4, -0.2) is 37.5 Å². The van der Waals surface area contributed by atoms with E-state index in [1.807, 2.05) is 22.6 Å². The fourth-order valence-corrected chi connectivity index (χ4v) is 2.56. The summed E-state index contributed by atoms with van der Waals surface area (Å²) in [5, 5.41) is 0. The van der Waals surface area contributed by atoms with E-state index in [2.05, 4.69) is 9.64 Å². The number of benzene rings is 1. The topological polar surface area (TPSA) is 21.7 Å². The van der Waals surface area contributed by atoms with Crippen LogP contribution in [0, 0.1) is 3.57 Å². The molecule has 0 bridgehead atoms. The first-order valence-electron chi connectivity index (χ1n) is 6.34. The average molecular weight is 401 g/mol. The van der Waals surface area contributed by atoms with Gasteiger partial charge in [-0.1, -0.05) is 0 Å². The third kappa shape index (κ3) is 5.01. The number of halogens is 4. The van der Waals surface area contributed by atoms with Crippen LogP contribution in [0.25, 0.3) is 0 Å². The van der Waals surface area contributed by atoms with E-state index in [1.54, 1.807) is 6.07 Å². The molecule has 2 rings (SSSR count). The SMILES string of the molecule is FC(F)(F)Oc1cc(I)ccc1OCCN1CCCC1. The molecular formula is C13H15F3INO2. The normalized spacial score (nSPS) is 16.4. The van der Waals surface area contributed by atoms with E-state index < -0.39 is 6.36 Å². The molecule has 0 N–H and O–H groups in total. The molecule has 7 heteroatoms. The minimum atomic E-state index is -4.71. The Morgan fingerprint density at radius 2 is 1.85 bits per heavy atom. The molecule has 20 heavy (non-hydrogen) atoms. The van der Waals surface area contributed by atoms with Gasteiger partial charge >= 0.3 is 6.36 Å². The van der Waals surface area contributed by atoms with Crippen LogP contribution in [0.15, 0.2) is 18.2 Å². The lowest BCUT2D eigenvalue weighted by molar-refractivity contribution is -0.275. The molecule has 1 saturated heterocycles. The van der Waals surface area contributed by atoms with Crippen LogP contribution in [0.2, 0.25) is 0 Å². The van der Waals surface area contributed by atoms with Crippen molar-refractivity contribution in [2.75, 3.05) is 26.2 Å². The lowest BCUT2D eigenvalue weighted by Crippen LogP contribution is -2.25. The predicted octanol–water partition coefficient (Wildman–Crippen LogP) is 3.66. The van der Waals surface area contributed by atoms with Crippen LogP contribution in [0.1, 0.15) is 12.8 Å². The van der Waals surface area contributed by atoms with Crippen molar-refractivity contribution in [3.05, 3.63) is 21.8 Å². The largest absolute Gasteiger partial charge is 0.573 e. The van der Waals surface area contributed by atoms with Crippen molar-refractivity contribution in [3.8, 4) is 11.5 Å². The van der Waals surface area contributed by atoms with Crippen LogP contribution in [0.3, 0.4) is 0 Å². The van der Waals surface area contributed by atoms with Gasteiger partial charge in [-0.2, -0.15) is 0 Å². The van der Waals surface area contributed by atoms with Gasteiger partial charge in [-0.25, -0.2) is 0 Å². The fraction of sp³-hybridized carbons (Fsp3) is 0.538. The Morgan fingerprint density at radius 3 is 2.50 bits per heavy atom. The number of hydrogen-bond donors (Lipinski definition) is 0. The molecule has 1 heterocycles. The molecule has 1 aromatic rings. The van der Waals surface area contributed by atoms with Gasteiger partial charge in [0, 0.05) is 10.1 Å². The zero-order valence-electron chi connectivity index (χ0n) is 10.8. The summed E-state index contributed by atoms with van der Waals surface area (Å²) in [4.78, 5) is 2.23. The molecular weight excluding hydrogens is 386 g/mol. The maximum atomic E-state index is 12.3. The molecule has 0 spiro atoms. The van der Waals surface area contributed by atoms with Gasteiger partial charge in [-0.15, -0.1) is 13.2 Å². The molecule has 0 amide bonds. The van der Waals surface area contributed by atoms with Crippen molar-refractivity contribution in [3.63, 3.8) is 0 Å². The molecule has 112 valence electrons. The molecule has 0 atom stereocenters. The molecule has 1 aliphatic rings. The van der Waals surface area contributed by atoms with Gasteiger partial charge in [0.2, 0.25) is 0 Å². The quantitative estimate of drug-likeness (QED) is 0.704. The van der Waals surface area contributed by atoms with Gasteiger partial charge in [-0.05, 0) is 66.7 Å². The van der Waals surface area contributed by atoms with Crippen LogP contribution < -0.4 is 9.47 Å². The van der Waals surface area contributed by atoms with Crippen molar-refractivity contribution >= 4 is 22.6 Å². The highest BCUT2D eigenvalue weighted by molar-refractivity contribution is 14.1. The standard InChI is InChI=1S/C13H15F3INO2/c14-13(15,16)20-12-9-10(17)3-4-11(12)19-8-7-18-5-1-2-6-18/h3-4,9H,1-2,5-8H2. The molecule has 0 saturated carbocycles. The number of hydrogen-bond acceptors (Lipinski definition) is 3. The van der Waals surface area contributed by atoms with E-state index in [0.29, 0.717) is 10.2 Å². The summed E-state index contributed by atoms with van der Waals surface area (Å²) in [7, 11) is 0. The maximum Gasteiger partial charge on any atom is 0.573 e. The number of ether oxygens (including phenoxy) is 2. The van der Waals surface area contributed by atoms with E-state index in [0.717, 1.165) is 19.6 Å². The van der Waals surface area contributed by atoms with Crippen LogP contribution in [-0.2, 0) is 0 Å². The highest BCUT2D eigenvalue weighted by Gasteiger charge is 2.32. The van der Waals surface area contributed by atoms with Crippen molar-refractivity contribution in [2.45, 2.75) is 19.2 Å². The van der Waals surface area contributed by atoms with Crippen LogP contribution >= 0.6 is 22.6 Å². The number of nitrogens with zero attached hydrogens (tertiary/aromatic N) is 1. The smallest absolute Gasteiger partial charge is 0.488 e. The molecule has 3 nitrogen and oxygen atoms in total. The molecule has 0 radical (unpaired) electrons. The Hall–Kier alpha value is -0.700. The number of rotatable bonds is 5. The zero-order valence-corrected chi connectivity index (χ0v) is 12.9. The second-order valence-corrected chi connectivity index (χ2v) is 5.78. The number of alkyl halides is 3. The Bertz CT molecular complexity index is 448. The van der Waals surface area contributed by atoms with E-state index in [4.69, 9.17) is 4.74 Å². The molecule has 1 aromatic carbocycles. The first-order chi connectivity index (χ1) is 9.44. The van der Waals surface area contributed by atoms with E-state index in [1.165, 1.54) is 25.0 Å². The van der Waals surface area contributed by atoms with Gasteiger partial charge in [0.1, 0.15) is 6.61 Å². The highest BCUT2D eigenvalue weighted by atomic mass is 127. The van der Waals surface area contributed by atoms with Crippen molar-refractivity contribution in [2.24, 2.45) is 0 Å². The minimum absolute atomic E-state index is 0.127. The summed E-state index contributed by atoms with van der Waals surface area (Å²) in [6.07, 6.45) is -2.37. The summed E-state index contributed by atoms with van der Waals surface area (Å²) in [5.41, 5.74) is 0. The van der Waals surface area contributed by atoms with Crippen molar-refractivity contribution in [1.82, 2.24) is 4.90 Å². The summed E-state index contributed by atoms with van der Waals surface area (Å²) in [6, 6.07) is 4.51. The third-order valence-electron chi connectivity index (χ3n) is 3.00. The molecule has 1 fully saturated rings. The van der Waals surface area contributed by atoms with Crippen molar-refractivity contribution < 1.29 is 22.6 Å². The summed E-state index contributed by atoms with van der Waals surface area (Å²) in [5.74, 6) is -0.159. The highest BCUT2D eigenvalue weighted by Crippen LogP contribution is 2.33. The lowest BCUT2D eigenvalue weighted by Gasteiger charge is -2.17. The Balaban J connectivity index is 1.95. The van der Waals surface area contributed by atoms with Crippen molar-refractivity contribution in [1.29, 1.82) is 0 Å². The summed E-state index contributed by atoms with van der Waals surface area (Å²) in [6.45, 7) is 3.14. The van der Waals surface area contributed by atoms with Gasteiger partial charge in [0.15, 0.2) is 11.5 Å². The average Bonchev–Trinajstić information content (AvgIpc) is 2.83. The lowest BCUT2D eigenvalue weighted by atomic mass is 10.3. The van der Waals surface area contributed by atoms with Crippen LogP contribution in [0.5, 0.6) is 11.5 Å². The Kier molecular flexibility index (Phi) is 5.36. The monoisotopic (exact) mass is 401 g/mol. The third-order valence-corrected chi connectivity index (χ3v) is 3.67.